The highest BCUT2D eigenvalue weighted by molar-refractivity contribution is 8.40. The van der Waals surface area contributed by atoms with Crippen LogP contribution in [0.15, 0.2) is 26.8 Å². The topological polar surface area (TPSA) is 47.6 Å². The Hall–Kier alpha value is 0.300. The highest BCUT2D eigenvalue weighted by Crippen LogP contribution is 2.64. The zero-order chi connectivity index (χ0) is 21.6. The van der Waals surface area contributed by atoms with Crippen LogP contribution in [0.5, 0.6) is 0 Å². The van der Waals surface area contributed by atoms with Gasteiger partial charge in [0.05, 0.1) is 29.1 Å². The average molecular weight is 515 g/mol. The summed E-state index contributed by atoms with van der Waals surface area (Å²) in [6.07, 6.45) is 10.5. The van der Waals surface area contributed by atoms with Crippen LogP contribution in [0, 0.1) is 22.7 Å². The summed E-state index contributed by atoms with van der Waals surface area (Å²) in [5.74, 6) is 2.33. The van der Waals surface area contributed by atoms with Crippen LogP contribution in [0.4, 0.5) is 0 Å². The molecule has 2 aliphatic heterocycles. The molecule has 2 aliphatic rings. The first-order chi connectivity index (χ1) is 14.7. The van der Waals surface area contributed by atoms with Gasteiger partial charge in [0.1, 0.15) is 0 Å². The van der Waals surface area contributed by atoms with Crippen molar-refractivity contribution in [3.8, 4) is 12.1 Å². The highest BCUT2D eigenvalue weighted by atomic mass is 32.2. The lowest BCUT2D eigenvalue weighted by atomic mass is 10.3. The van der Waals surface area contributed by atoms with Crippen LogP contribution in [0.1, 0.15) is 78.1 Å². The molecule has 0 unspecified atom stereocenters. The van der Waals surface area contributed by atoms with E-state index < -0.39 is 0 Å². The number of hydrogen-bond donors (Lipinski definition) is 0. The minimum Gasteiger partial charge on any atom is -0.198 e. The summed E-state index contributed by atoms with van der Waals surface area (Å²) in [6.45, 7) is 4.49. The number of thioether (sulfide) groups is 6. The summed E-state index contributed by atoms with van der Waals surface area (Å²) in [5, 5.41) is 18.1. The van der Waals surface area contributed by atoms with Gasteiger partial charge in [0.25, 0.3) is 0 Å². The molecule has 164 valence electrons. The number of nitriles is 2. The van der Waals surface area contributed by atoms with Crippen LogP contribution in [-0.2, 0) is 0 Å². The van der Waals surface area contributed by atoms with Crippen molar-refractivity contribution >= 4 is 70.6 Å². The van der Waals surface area contributed by atoms with Crippen LogP contribution in [0.3, 0.4) is 0 Å². The second kappa shape index (κ2) is 16.0. The van der Waals surface area contributed by atoms with Crippen LogP contribution in [0.25, 0.3) is 0 Å². The normalized spacial score (nSPS) is 18.9. The summed E-state index contributed by atoms with van der Waals surface area (Å²) < 4.78 is 5.60. The molecule has 0 bridgehead atoms. The molecule has 0 saturated carbocycles. The molecule has 0 spiro atoms. The Morgan fingerprint density at radius 1 is 0.667 bits per heavy atom. The van der Waals surface area contributed by atoms with Gasteiger partial charge in [-0.25, -0.2) is 0 Å². The number of unbranched alkanes of at least 4 members (excludes halogenated alkanes) is 4. The van der Waals surface area contributed by atoms with Gasteiger partial charge in [-0.1, -0.05) is 86.6 Å². The summed E-state index contributed by atoms with van der Waals surface area (Å²) in [5.41, 5.74) is 0. The van der Waals surface area contributed by atoms with E-state index in [2.05, 4.69) is 26.0 Å². The van der Waals surface area contributed by atoms with Crippen LogP contribution in [-0.4, -0.2) is 11.5 Å². The van der Waals surface area contributed by atoms with Crippen LogP contribution >= 0.6 is 70.6 Å². The van der Waals surface area contributed by atoms with E-state index in [0.717, 1.165) is 12.8 Å². The summed E-state index contributed by atoms with van der Waals surface area (Å²) >= 11 is 11.6. The lowest BCUT2D eigenvalue weighted by molar-refractivity contribution is 0.779. The van der Waals surface area contributed by atoms with Crippen LogP contribution in [0.2, 0.25) is 0 Å². The maximum Gasteiger partial charge on any atom is 0.0708 e. The van der Waals surface area contributed by atoms with Crippen molar-refractivity contribution in [1.29, 1.82) is 10.5 Å². The van der Waals surface area contributed by atoms with E-state index in [-0.39, 0.29) is 0 Å². The summed E-state index contributed by atoms with van der Waals surface area (Å²) in [7, 11) is 0. The zero-order valence-electron chi connectivity index (χ0n) is 17.8. The number of allylic oxidation sites excluding steroid dienone is 2. The van der Waals surface area contributed by atoms with E-state index in [1.54, 1.807) is 0 Å². The second-order valence-electron chi connectivity index (χ2n) is 6.83. The van der Waals surface area contributed by atoms with E-state index >= 15 is 0 Å². The Balaban J connectivity index is 2.04. The molecule has 0 fully saturated rings. The fourth-order valence-electron chi connectivity index (χ4n) is 2.70. The first kappa shape index (κ1) is 26.6. The third kappa shape index (κ3) is 9.04. The molecule has 0 saturated heterocycles. The van der Waals surface area contributed by atoms with E-state index in [1.807, 2.05) is 70.6 Å². The summed E-state index contributed by atoms with van der Waals surface area (Å²) in [4.78, 5) is 2.77. The summed E-state index contributed by atoms with van der Waals surface area (Å²) in [6, 6.07) is 4.62. The first-order valence-corrected chi connectivity index (χ1v) is 15.9. The minimum atomic E-state index is 0.592. The lowest BCUT2D eigenvalue weighted by Gasteiger charge is -2.04. The fourth-order valence-corrected chi connectivity index (χ4v) is 11.7. The Morgan fingerprint density at radius 2 is 1.10 bits per heavy atom. The quantitative estimate of drug-likeness (QED) is 0.212. The molecule has 30 heavy (non-hydrogen) atoms. The van der Waals surface area contributed by atoms with Crippen molar-refractivity contribution < 1.29 is 0 Å². The van der Waals surface area contributed by atoms with Crippen molar-refractivity contribution in [1.82, 2.24) is 0 Å². The predicted octanol–water partition coefficient (Wildman–Crippen LogP) is 9.87. The van der Waals surface area contributed by atoms with Crippen molar-refractivity contribution in [3.63, 3.8) is 0 Å². The monoisotopic (exact) mass is 514 g/mol. The molecule has 2 nitrogen and oxygen atoms in total. The van der Waals surface area contributed by atoms with Gasteiger partial charge in [0.2, 0.25) is 0 Å². The molecule has 0 aromatic carbocycles. The second-order valence-corrected chi connectivity index (χ2v) is 14.3. The first-order valence-electron chi connectivity index (χ1n) is 10.6. The van der Waals surface area contributed by atoms with E-state index in [1.165, 1.54) is 76.8 Å². The lowest BCUT2D eigenvalue weighted by Crippen LogP contribution is -1.81. The smallest absolute Gasteiger partial charge is 0.0708 e. The minimum absolute atomic E-state index is 0.592. The van der Waals surface area contributed by atoms with Gasteiger partial charge in [-0.15, -0.1) is 23.5 Å². The van der Waals surface area contributed by atoms with Gasteiger partial charge in [-0.3, -0.25) is 0 Å². The van der Waals surface area contributed by atoms with Gasteiger partial charge in [-0.2, -0.15) is 10.5 Å². The van der Waals surface area contributed by atoms with Crippen molar-refractivity contribution in [2.75, 3.05) is 11.5 Å². The van der Waals surface area contributed by atoms with Crippen molar-refractivity contribution in [3.05, 3.63) is 26.8 Å². The van der Waals surface area contributed by atoms with Crippen molar-refractivity contribution in [2.24, 2.45) is 0 Å². The molecular weight excluding hydrogens is 485 g/mol. The molecule has 0 aromatic rings. The van der Waals surface area contributed by atoms with Crippen LogP contribution < -0.4 is 0 Å². The largest absolute Gasteiger partial charge is 0.198 e. The molecule has 2 heterocycles. The highest BCUT2D eigenvalue weighted by Gasteiger charge is 2.29. The molecule has 8 heteroatoms. The maximum atomic E-state index is 9.06. The average Bonchev–Trinajstić information content (AvgIpc) is 3.35. The molecule has 0 N–H and O–H groups in total. The van der Waals surface area contributed by atoms with Gasteiger partial charge in [0, 0.05) is 22.7 Å². The maximum absolute atomic E-state index is 9.06. The predicted molar refractivity (Wildman–Crippen MR) is 145 cm³/mol. The Morgan fingerprint density at radius 3 is 1.47 bits per heavy atom. The zero-order valence-corrected chi connectivity index (χ0v) is 22.7. The SMILES string of the molecule is CCCCCSC1=C(CCC#N)S/C(=C2\SC(CCC#N)=C(SCCCCC)S2)S1. The van der Waals surface area contributed by atoms with Gasteiger partial charge in [0.15, 0.2) is 0 Å². The Labute approximate surface area is 208 Å². The molecule has 2 rings (SSSR count). The standard InChI is InChI=1S/C22H30N2S6/c1-3-5-7-15-25-19-17(11-9-13-23)27-21(29-19)22-28-18(12-10-14-24)20(30-22)26-16-8-6-4-2/h3-12,15-16H2,1-2H3/b22-21-. The Bertz CT molecular complexity index is 680. The van der Waals surface area contributed by atoms with E-state index in [0.29, 0.717) is 12.8 Å². The van der Waals surface area contributed by atoms with Gasteiger partial charge < -0.3 is 0 Å². The third-order valence-corrected chi connectivity index (χ3v) is 13.3. The number of rotatable bonds is 14. The van der Waals surface area contributed by atoms with E-state index in [9.17, 15) is 0 Å². The molecule has 0 aliphatic carbocycles. The van der Waals surface area contributed by atoms with Gasteiger partial charge in [-0.05, 0) is 37.2 Å². The fraction of sp³-hybridized carbons (Fsp3) is 0.636. The van der Waals surface area contributed by atoms with Gasteiger partial charge >= 0.3 is 0 Å². The molecule has 0 amide bonds. The molecule has 0 aromatic heterocycles. The Kier molecular flexibility index (Phi) is 14.2. The number of nitrogens with zero attached hydrogens (tertiary/aromatic N) is 2. The van der Waals surface area contributed by atoms with Crippen molar-refractivity contribution in [2.45, 2.75) is 78.1 Å². The third-order valence-electron chi connectivity index (χ3n) is 4.31. The molecule has 0 radical (unpaired) electrons. The molecule has 0 atom stereocenters. The van der Waals surface area contributed by atoms with E-state index in [4.69, 9.17) is 10.5 Å². The number of hydrogen-bond acceptors (Lipinski definition) is 8. The molecular formula is C22H30N2S6.